The molecule has 1 aliphatic rings. The summed E-state index contributed by atoms with van der Waals surface area (Å²) in [6.45, 7) is 9.42. The molecule has 2 aromatic heterocycles. The molecule has 0 atom stereocenters. The maximum atomic E-state index is 12.0. The first-order valence-electron chi connectivity index (χ1n) is 8.09. The van der Waals surface area contributed by atoms with E-state index in [1.807, 2.05) is 6.92 Å². The highest BCUT2D eigenvalue weighted by molar-refractivity contribution is 7.20. The second-order valence-corrected chi connectivity index (χ2v) is 6.84. The summed E-state index contributed by atoms with van der Waals surface area (Å²) in [5.41, 5.74) is 0.982. The van der Waals surface area contributed by atoms with Crippen molar-refractivity contribution >= 4 is 33.3 Å². The van der Waals surface area contributed by atoms with Gasteiger partial charge in [0.05, 0.1) is 10.3 Å². The molecular weight excluding hydrogens is 310 g/mol. The topological polar surface area (TPSA) is 61.4 Å². The van der Waals surface area contributed by atoms with E-state index < -0.39 is 0 Å². The van der Waals surface area contributed by atoms with Gasteiger partial charge in [-0.1, -0.05) is 6.92 Å². The molecule has 0 spiro atoms. The van der Waals surface area contributed by atoms with E-state index in [1.54, 1.807) is 13.4 Å². The number of piperazine rings is 1. The zero-order valence-corrected chi connectivity index (χ0v) is 14.7. The molecule has 1 amide bonds. The largest absolute Gasteiger partial charge is 0.354 e. The van der Waals surface area contributed by atoms with Gasteiger partial charge in [-0.15, -0.1) is 11.3 Å². The van der Waals surface area contributed by atoms with Crippen molar-refractivity contribution in [2.24, 2.45) is 0 Å². The van der Waals surface area contributed by atoms with Crippen molar-refractivity contribution < 1.29 is 4.79 Å². The Balaban J connectivity index is 1.93. The number of nitrogens with one attached hydrogen (secondary N) is 1. The van der Waals surface area contributed by atoms with Crippen molar-refractivity contribution in [1.82, 2.24) is 20.2 Å². The highest BCUT2D eigenvalue weighted by Gasteiger charge is 2.23. The van der Waals surface area contributed by atoms with Gasteiger partial charge in [0.25, 0.3) is 5.91 Å². The van der Waals surface area contributed by atoms with Gasteiger partial charge in [0.2, 0.25) is 0 Å². The number of amides is 1. The van der Waals surface area contributed by atoms with E-state index in [9.17, 15) is 4.79 Å². The van der Waals surface area contributed by atoms with Crippen LogP contribution in [0.2, 0.25) is 0 Å². The fourth-order valence-electron chi connectivity index (χ4n) is 3.12. The van der Waals surface area contributed by atoms with Crippen LogP contribution in [0.4, 0.5) is 5.82 Å². The summed E-state index contributed by atoms with van der Waals surface area (Å²) in [6, 6.07) is 0. The van der Waals surface area contributed by atoms with Gasteiger partial charge in [-0.3, -0.25) is 9.69 Å². The van der Waals surface area contributed by atoms with E-state index in [-0.39, 0.29) is 5.91 Å². The second kappa shape index (κ2) is 6.80. The Bertz CT molecular complexity index is 706. The predicted molar refractivity (Wildman–Crippen MR) is 94.5 cm³/mol. The van der Waals surface area contributed by atoms with Crippen LogP contribution in [0.5, 0.6) is 0 Å². The number of aromatic nitrogens is 2. The average molecular weight is 333 g/mol. The van der Waals surface area contributed by atoms with Crippen LogP contribution in [0.3, 0.4) is 0 Å². The number of anilines is 1. The Morgan fingerprint density at radius 2 is 2.04 bits per heavy atom. The SMILES string of the molecule is CCCN1CCN(c2ncnc3sc(C(=O)NC)c(C)c23)CC1. The van der Waals surface area contributed by atoms with Crippen LogP contribution in [0.1, 0.15) is 28.6 Å². The minimum atomic E-state index is -0.0517. The standard InChI is InChI=1S/C16H23N5OS/c1-4-5-20-6-8-21(9-7-20)14-12-11(2)13(15(22)17-3)23-16(12)19-10-18-14/h10H,4-9H2,1-3H3,(H,17,22). The fraction of sp³-hybridized carbons (Fsp3) is 0.562. The number of nitrogens with zero attached hydrogens (tertiary/aromatic N) is 4. The van der Waals surface area contributed by atoms with E-state index >= 15 is 0 Å². The molecule has 3 rings (SSSR count). The maximum Gasteiger partial charge on any atom is 0.261 e. The van der Waals surface area contributed by atoms with Gasteiger partial charge < -0.3 is 10.2 Å². The molecule has 1 N–H and O–H groups in total. The van der Waals surface area contributed by atoms with Gasteiger partial charge in [-0.05, 0) is 25.5 Å². The van der Waals surface area contributed by atoms with E-state index in [0.29, 0.717) is 0 Å². The molecule has 0 aliphatic carbocycles. The summed E-state index contributed by atoms with van der Waals surface area (Å²) in [6.07, 6.45) is 2.80. The summed E-state index contributed by atoms with van der Waals surface area (Å²) < 4.78 is 0. The van der Waals surface area contributed by atoms with E-state index in [1.165, 1.54) is 17.8 Å². The second-order valence-electron chi connectivity index (χ2n) is 5.84. The summed E-state index contributed by atoms with van der Waals surface area (Å²) >= 11 is 1.44. The van der Waals surface area contributed by atoms with Gasteiger partial charge in [-0.2, -0.15) is 0 Å². The molecule has 0 unspecified atom stereocenters. The van der Waals surface area contributed by atoms with Gasteiger partial charge in [0.15, 0.2) is 0 Å². The van der Waals surface area contributed by atoms with Crippen LogP contribution < -0.4 is 10.2 Å². The van der Waals surface area contributed by atoms with Crippen LogP contribution >= 0.6 is 11.3 Å². The van der Waals surface area contributed by atoms with Crippen molar-refractivity contribution in [3.63, 3.8) is 0 Å². The van der Waals surface area contributed by atoms with E-state index in [4.69, 9.17) is 0 Å². The highest BCUT2D eigenvalue weighted by atomic mass is 32.1. The summed E-state index contributed by atoms with van der Waals surface area (Å²) in [7, 11) is 1.66. The van der Waals surface area contributed by atoms with Crippen LogP contribution in [0, 0.1) is 6.92 Å². The van der Waals surface area contributed by atoms with Gasteiger partial charge in [0, 0.05) is 33.2 Å². The number of fused-ring (bicyclic) bond motifs is 1. The summed E-state index contributed by atoms with van der Waals surface area (Å²) in [5, 5.41) is 3.73. The number of thiophene rings is 1. The molecule has 0 radical (unpaired) electrons. The molecule has 2 aromatic rings. The average Bonchev–Trinajstić information content (AvgIpc) is 2.92. The number of aryl methyl sites for hydroxylation is 1. The third-order valence-corrected chi connectivity index (χ3v) is 5.55. The third kappa shape index (κ3) is 3.03. The van der Waals surface area contributed by atoms with Crippen LogP contribution in [-0.2, 0) is 0 Å². The van der Waals surface area contributed by atoms with E-state index in [2.05, 4.69) is 32.0 Å². The molecule has 1 saturated heterocycles. The molecule has 1 fully saturated rings. The first-order valence-corrected chi connectivity index (χ1v) is 8.90. The quantitative estimate of drug-likeness (QED) is 0.926. The molecule has 3 heterocycles. The van der Waals surface area contributed by atoms with Gasteiger partial charge in [-0.25, -0.2) is 9.97 Å². The maximum absolute atomic E-state index is 12.0. The first kappa shape index (κ1) is 16.1. The Hall–Kier alpha value is -1.73. The van der Waals surface area contributed by atoms with Crippen LogP contribution in [0.15, 0.2) is 6.33 Å². The summed E-state index contributed by atoms with van der Waals surface area (Å²) in [5.74, 6) is 0.916. The molecule has 1 aliphatic heterocycles. The Morgan fingerprint density at radius 1 is 1.30 bits per heavy atom. The molecule has 0 aromatic carbocycles. The van der Waals surface area contributed by atoms with Crippen molar-refractivity contribution in [3.05, 3.63) is 16.8 Å². The van der Waals surface area contributed by atoms with E-state index in [0.717, 1.165) is 59.2 Å². The third-order valence-electron chi connectivity index (χ3n) is 4.35. The van der Waals surface area contributed by atoms with Crippen molar-refractivity contribution in [1.29, 1.82) is 0 Å². The molecular formula is C16H23N5OS. The molecule has 0 saturated carbocycles. The first-order chi connectivity index (χ1) is 11.2. The van der Waals surface area contributed by atoms with Gasteiger partial charge in [0.1, 0.15) is 17.0 Å². The smallest absolute Gasteiger partial charge is 0.261 e. The minimum Gasteiger partial charge on any atom is -0.354 e. The minimum absolute atomic E-state index is 0.0517. The number of hydrogen-bond acceptors (Lipinski definition) is 6. The van der Waals surface area contributed by atoms with Crippen molar-refractivity contribution in [3.8, 4) is 0 Å². The number of carbonyl (C=O) groups is 1. The number of hydrogen-bond donors (Lipinski definition) is 1. The number of rotatable bonds is 4. The molecule has 6 nitrogen and oxygen atoms in total. The molecule has 23 heavy (non-hydrogen) atoms. The fourth-order valence-corrected chi connectivity index (χ4v) is 4.21. The zero-order chi connectivity index (χ0) is 16.4. The highest BCUT2D eigenvalue weighted by Crippen LogP contribution is 2.35. The van der Waals surface area contributed by atoms with Crippen molar-refractivity contribution in [2.45, 2.75) is 20.3 Å². The lowest BCUT2D eigenvalue weighted by Gasteiger charge is -2.35. The monoisotopic (exact) mass is 333 g/mol. The predicted octanol–water partition coefficient (Wildman–Crippen LogP) is 1.89. The lowest BCUT2D eigenvalue weighted by Crippen LogP contribution is -2.46. The normalized spacial score (nSPS) is 16.0. The molecule has 124 valence electrons. The Kier molecular flexibility index (Phi) is 4.77. The molecule has 7 heteroatoms. The Morgan fingerprint density at radius 3 is 2.70 bits per heavy atom. The number of carbonyl (C=O) groups excluding carboxylic acids is 1. The lowest BCUT2D eigenvalue weighted by atomic mass is 10.1. The summed E-state index contributed by atoms with van der Waals surface area (Å²) in [4.78, 5) is 27.4. The zero-order valence-electron chi connectivity index (χ0n) is 13.9. The van der Waals surface area contributed by atoms with Crippen LogP contribution in [-0.4, -0.2) is 60.5 Å². The van der Waals surface area contributed by atoms with Crippen LogP contribution in [0.25, 0.3) is 10.2 Å². The van der Waals surface area contributed by atoms with Crippen molar-refractivity contribution in [2.75, 3.05) is 44.7 Å². The molecule has 0 bridgehead atoms. The Labute approximate surface area is 140 Å². The lowest BCUT2D eigenvalue weighted by molar-refractivity contribution is 0.0966. The van der Waals surface area contributed by atoms with Gasteiger partial charge >= 0.3 is 0 Å².